The van der Waals surface area contributed by atoms with E-state index in [0.29, 0.717) is 18.5 Å². The minimum atomic E-state index is -0.440. The average molecular weight is 266 g/mol. The quantitative estimate of drug-likeness (QED) is 0.593. The molecular formula is C15H26N2O2. The predicted octanol–water partition coefficient (Wildman–Crippen LogP) is 2.29. The van der Waals surface area contributed by atoms with Crippen molar-refractivity contribution in [2.24, 2.45) is 5.92 Å². The van der Waals surface area contributed by atoms with Crippen LogP contribution in [0.1, 0.15) is 46.5 Å². The van der Waals surface area contributed by atoms with Crippen LogP contribution in [-0.2, 0) is 4.74 Å². The normalized spacial score (nSPS) is 22.8. The molecule has 1 amide bonds. The molecule has 1 aliphatic rings. The Morgan fingerprint density at radius 1 is 1.42 bits per heavy atom. The Hall–Kier alpha value is -1.21. The van der Waals surface area contributed by atoms with E-state index in [1.165, 1.54) is 6.42 Å². The largest absolute Gasteiger partial charge is 0.444 e. The highest BCUT2D eigenvalue weighted by atomic mass is 16.6. The Morgan fingerprint density at radius 3 is 2.79 bits per heavy atom. The maximum Gasteiger partial charge on any atom is 0.407 e. The Morgan fingerprint density at radius 2 is 2.16 bits per heavy atom. The molecule has 2 atom stereocenters. The smallest absolute Gasteiger partial charge is 0.407 e. The van der Waals surface area contributed by atoms with Gasteiger partial charge in [0.05, 0.1) is 0 Å². The van der Waals surface area contributed by atoms with Crippen LogP contribution in [0.15, 0.2) is 0 Å². The number of hydrogen-bond donors (Lipinski definition) is 2. The van der Waals surface area contributed by atoms with Crippen molar-refractivity contribution in [1.82, 2.24) is 10.6 Å². The van der Waals surface area contributed by atoms with E-state index in [0.717, 1.165) is 25.8 Å². The van der Waals surface area contributed by atoms with Crippen LogP contribution in [0.4, 0.5) is 4.79 Å². The van der Waals surface area contributed by atoms with Gasteiger partial charge in [-0.3, -0.25) is 0 Å². The van der Waals surface area contributed by atoms with Gasteiger partial charge in [-0.2, -0.15) is 0 Å². The summed E-state index contributed by atoms with van der Waals surface area (Å²) in [5.41, 5.74) is -0.440. The fourth-order valence-corrected chi connectivity index (χ4v) is 2.41. The predicted molar refractivity (Wildman–Crippen MR) is 76.8 cm³/mol. The molecule has 0 radical (unpaired) electrons. The average Bonchev–Trinajstić information content (AvgIpc) is 2.72. The highest BCUT2D eigenvalue weighted by Crippen LogP contribution is 2.25. The fraction of sp³-hybridized carbons (Fsp3) is 0.800. The van der Waals surface area contributed by atoms with Crippen LogP contribution < -0.4 is 10.6 Å². The van der Waals surface area contributed by atoms with Crippen molar-refractivity contribution in [2.45, 2.75) is 58.1 Å². The summed E-state index contributed by atoms with van der Waals surface area (Å²) >= 11 is 0. The zero-order chi connectivity index (χ0) is 14.3. The van der Waals surface area contributed by atoms with Crippen LogP contribution in [0.3, 0.4) is 0 Å². The van der Waals surface area contributed by atoms with E-state index in [4.69, 9.17) is 11.2 Å². The molecule has 4 heteroatoms. The molecule has 0 aromatic heterocycles. The van der Waals surface area contributed by atoms with Crippen molar-refractivity contribution in [3.63, 3.8) is 0 Å². The topological polar surface area (TPSA) is 50.4 Å². The van der Waals surface area contributed by atoms with Gasteiger partial charge in [0, 0.05) is 25.6 Å². The van der Waals surface area contributed by atoms with Gasteiger partial charge in [-0.15, -0.1) is 12.3 Å². The van der Waals surface area contributed by atoms with Gasteiger partial charge >= 0.3 is 6.09 Å². The minimum Gasteiger partial charge on any atom is -0.444 e. The van der Waals surface area contributed by atoms with Crippen LogP contribution in [0, 0.1) is 18.3 Å². The molecule has 2 N–H and O–H groups in total. The molecule has 1 aliphatic carbocycles. The Kier molecular flexibility index (Phi) is 6.17. The molecule has 2 unspecified atom stereocenters. The number of rotatable bonds is 5. The van der Waals surface area contributed by atoms with Gasteiger partial charge in [0.1, 0.15) is 5.60 Å². The summed E-state index contributed by atoms with van der Waals surface area (Å²) in [5, 5.41) is 6.33. The SMILES string of the molecule is C#CCCNC1CCCC1CNC(=O)OC(C)(C)C. The van der Waals surface area contributed by atoms with Gasteiger partial charge in [-0.25, -0.2) is 4.79 Å². The number of carbonyl (C=O) groups excluding carboxylic acids is 1. The first-order valence-electron chi connectivity index (χ1n) is 7.06. The van der Waals surface area contributed by atoms with Gasteiger partial charge in [0.15, 0.2) is 0 Å². The van der Waals surface area contributed by atoms with Gasteiger partial charge in [0.2, 0.25) is 0 Å². The van der Waals surface area contributed by atoms with E-state index in [-0.39, 0.29) is 6.09 Å². The molecule has 0 spiro atoms. The van der Waals surface area contributed by atoms with Crippen molar-refractivity contribution < 1.29 is 9.53 Å². The summed E-state index contributed by atoms with van der Waals surface area (Å²) in [5.74, 6) is 3.11. The third-order valence-corrected chi connectivity index (χ3v) is 3.24. The maximum absolute atomic E-state index is 11.6. The molecule has 19 heavy (non-hydrogen) atoms. The van der Waals surface area contributed by atoms with E-state index in [2.05, 4.69) is 16.6 Å². The fourth-order valence-electron chi connectivity index (χ4n) is 2.41. The Balaban J connectivity index is 2.27. The van der Waals surface area contributed by atoms with Crippen molar-refractivity contribution in [3.8, 4) is 12.3 Å². The second-order valence-corrected chi connectivity index (χ2v) is 6.09. The molecule has 0 aromatic carbocycles. The van der Waals surface area contributed by atoms with Crippen LogP contribution in [0.5, 0.6) is 0 Å². The van der Waals surface area contributed by atoms with Crippen molar-refractivity contribution in [1.29, 1.82) is 0 Å². The third kappa shape index (κ3) is 6.49. The van der Waals surface area contributed by atoms with Crippen LogP contribution in [0.2, 0.25) is 0 Å². The Bertz CT molecular complexity index is 328. The lowest BCUT2D eigenvalue weighted by Gasteiger charge is -2.23. The van der Waals surface area contributed by atoms with E-state index in [9.17, 15) is 4.79 Å². The molecule has 0 bridgehead atoms. The standard InChI is InChI=1S/C15H26N2O2/c1-5-6-10-16-13-9-7-8-12(13)11-17-14(18)19-15(2,3)4/h1,12-13,16H,6-11H2,2-4H3,(H,17,18). The molecule has 4 nitrogen and oxygen atoms in total. The molecule has 0 saturated heterocycles. The number of terminal acetylenes is 1. The first-order chi connectivity index (χ1) is 8.92. The monoisotopic (exact) mass is 266 g/mol. The number of ether oxygens (including phenoxy) is 1. The van der Waals surface area contributed by atoms with Gasteiger partial charge in [-0.05, 0) is 39.5 Å². The minimum absolute atomic E-state index is 0.332. The van der Waals surface area contributed by atoms with Crippen molar-refractivity contribution in [3.05, 3.63) is 0 Å². The molecule has 1 rings (SSSR count). The summed E-state index contributed by atoms with van der Waals surface area (Å²) in [6, 6.07) is 0.461. The van der Waals surface area contributed by atoms with Gasteiger partial charge < -0.3 is 15.4 Å². The first-order valence-corrected chi connectivity index (χ1v) is 7.06. The molecule has 1 saturated carbocycles. The number of amides is 1. The second kappa shape index (κ2) is 7.40. The highest BCUT2D eigenvalue weighted by Gasteiger charge is 2.27. The number of carbonyl (C=O) groups is 1. The van der Waals surface area contributed by atoms with E-state index < -0.39 is 5.60 Å². The zero-order valence-corrected chi connectivity index (χ0v) is 12.3. The first kappa shape index (κ1) is 15.8. The van der Waals surface area contributed by atoms with Gasteiger partial charge in [0.25, 0.3) is 0 Å². The Labute approximate surface area is 116 Å². The summed E-state index contributed by atoms with van der Waals surface area (Å²) in [6.45, 7) is 7.12. The van der Waals surface area contributed by atoms with Crippen LogP contribution in [0.25, 0.3) is 0 Å². The summed E-state index contributed by atoms with van der Waals surface area (Å²) in [6.07, 6.45) is 9.17. The number of hydrogen-bond acceptors (Lipinski definition) is 3. The van der Waals surface area contributed by atoms with Crippen molar-refractivity contribution >= 4 is 6.09 Å². The molecule has 0 heterocycles. The summed E-state index contributed by atoms with van der Waals surface area (Å²) < 4.78 is 5.23. The number of nitrogens with one attached hydrogen (secondary N) is 2. The van der Waals surface area contributed by atoms with E-state index in [1.807, 2.05) is 20.8 Å². The number of alkyl carbamates (subject to hydrolysis) is 1. The highest BCUT2D eigenvalue weighted by molar-refractivity contribution is 5.67. The van der Waals surface area contributed by atoms with Crippen LogP contribution in [-0.4, -0.2) is 30.8 Å². The molecule has 0 aromatic rings. The lowest BCUT2D eigenvalue weighted by atomic mass is 10.0. The molecular weight excluding hydrogens is 240 g/mol. The lowest BCUT2D eigenvalue weighted by Crippen LogP contribution is -2.41. The van der Waals surface area contributed by atoms with Gasteiger partial charge in [-0.1, -0.05) is 6.42 Å². The lowest BCUT2D eigenvalue weighted by molar-refractivity contribution is 0.0517. The second-order valence-electron chi connectivity index (χ2n) is 6.09. The maximum atomic E-state index is 11.6. The summed E-state index contributed by atoms with van der Waals surface area (Å²) in [7, 11) is 0. The third-order valence-electron chi connectivity index (χ3n) is 3.24. The summed E-state index contributed by atoms with van der Waals surface area (Å²) in [4.78, 5) is 11.6. The van der Waals surface area contributed by atoms with E-state index >= 15 is 0 Å². The zero-order valence-electron chi connectivity index (χ0n) is 12.3. The molecule has 108 valence electrons. The van der Waals surface area contributed by atoms with Crippen LogP contribution >= 0.6 is 0 Å². The molecule has 0 aliphatic heterocycles. The molecule has 1 fully saturated rings. The van der Waals surface area contributed by atoms with E-state index in [1.54, 1.807) is 0 Å². The van der Waals surface area contributed by atoms with Crippen molar-refractivity contribution in [2.75, 3.05) is 13.1 Å².